The van der Waals surface area contributed by atoms with Gasteiger partial charge in [0.2, 0.25) is 0 Å². The zero-order chi connectivity index (χ0) is 20.9. The van der Waals surface area contributed by atoms with Crippen LogP contribution in [-0.2, 0) is 22.3 Å². The maximum Gasteiger partial charge on any atom is 0.296 e. The summed E-state index contributed by atoms with van der Waals surface area (Å²) in [5.74, 6) is 0. The molecule has 0 bridgehead atoms. The average molecular weight is 458 g/mol. The molecule has 6 rings (SSSR count). The monoisotopic (exact) mass is 457 g/mol. The van der Waals surface area contributed by atoms with Crippen LogP contribution in [0.25, 0.3) is 21.3 Å². The van der Waals surface area contributed by atoms with Gasteiger partial charge in [-0.3, -0.25) is 0 Å². The molecule has 31 heavy (non-hydrogen) atoms. The van der Waals surface area contributed by atoms with Crippen LogP contribution >= 0.6 is 22.9 Å². The Morgan fingerprint density at radius 3 is 2.97 bits per heavy atom. The molecule has 5 heterocycles. The molecule has 9 heteroatoms. The minimum absolute atomic E-state index is 0.259. The van der Waals surface area contributed by atoms with Crippen LogP contribution in [0.1, 0.15) is 11.3 Å². The number of H-pyrrole nitrogens is 1. The SMILES string of the molecule is O[C@@H]1CO[C@H]2[C@@H]1OC[C@H]2Oc1nc2nc(CCc3csc4ccccc34)c(Cl)cc2[nH]1. The van der Waals surface area contributed by atoms with E-state index in [9.17, 15) is 5.11 Å². The second-order valence-corrected chi connectivity index (χ2v) is 9.23. The van der Waals surface area contributed by atoms with Crippen LogP contribution in [0.3, 0.4) is 0 Å². The van der Waals surface area contributed by atoms with Crippen molar-refractivity contribution in [2.24, 2.45) is 0 Å². The zero-order valence-corrected chi connectivity index (χ0v) is 18.0. The number of halogens is 1. The van der Waals surface area contributed by atoms with Crippen molar-refractivity contribution in [1.29, 1.82) is 0 Å². The number of rotatable bonds is 5. The van der Waals surface area contributed by atoms with E-state index in [1.165, 1.54) is 15.6 Å². The van der Waals surface area contributed by atoms with E-state index in [0.717, 1.165) is 18.5 Å². The lowest BCUT2D eigenvalue weighted by molar-refractivity contribution is 0.00706. The topological polar surface area (TPSA) is 89.5 Å². The number of aromatic amines is 1. The third-order valence-corrected chi connectivity index (χ3v) is 7.25. The summed E-state index contributed by atoms with van der Waals surface area (Å²) in [5, 5.41) is 14.0. The number of nitrogens with one attached hydrogen (secondary N) is 1. The van der Waals surface area contributed by atoms with Gasteiger partial charge in [0.15, 0.2) is 11.8 Å². The second kappa shape index (κ2) is 7.72. The lowest BCUT2D eigenvalue weighted by Crippen LogP contribution is -2.34. The molecule has 2 aliphatic heterocycles. The molecule has 0 saturated carbocycles. The summed E-state index contributed by atoms with van der Waals surface area (Å²) in [7, 11) is 0. The summed E-state index contributed by atoms with van der Waals surface area (Å²) in [6.07, 6.45) is 0.00234. The van der Waals surface area contributed by atoms with Gasteiger partial charge < -0.3 is 24.3 Å². The van der Waals surface area contributed by atoms with Crippen molar-refractivity contribution in [2.45, 2.75) is 37.3 Å². The molecule has 0 spiro atoms. The van der Waals surface area contributed by atoms with Crippen LogP contribution < -0.4 is 4.74 Å². The molecule has 1 aromatic carbocycles. The molecule has 2 N–H and O–H groups in total. The Morgan fingerprint density at radius 1 is 1.16 bits per heavy atom. The fraction of sp³-hybridized carbons (Fsp3) is 0.364. The van der Waals surface area contributed by atoms with Crippen LogP contribution in [0.4, 0.5) is 0 Å². The molecule has 3 aromatic heterocycles. The van der Waals surface area contributed by atoms with Gasteiger partial charge in [0.1, 0.15) is 18.3 Å². The van der Waals surface area contributed by atoms with Crippen molar-refractivity contribution >= 4 is 44.2 Å². The maximum absolute atomic E-state index is 9.88. The van der Waals surface area contributed by atoms with Crippen molar-refractivity contribution in [2.75, 3.05) is 13.2 Å². The van der Waals surface area contributed by atoms with Gasteiger partial charge in [-0.2, -0.15) is 4.98 Å². The van der Waals surface area contributed by atoms with Gasteiger partial charge in [0.05, 0.1) is 29.4 Å². The third-order valence-electron chi connectivity index (χ3n) is 5.91. The lowest BCUT2D eigenvalue weighted by atomic mass is 10.1. The number of hydrogen-bond donors (Lipinski definition) is 2. The summed E-state index contributed by atoms with van der Waals surface area (Å²) in [6.45, 7) is 0.604. The summed E-state index contributed by atoms with van der Waals surface area (Å²) < 4.78 is 18.5. The summed E-state index contributed by atoms with van der Waals surface area (Å²) in [6, 6.07) is 10.6. The van der Waals surface area contributed by atoms with E-state index >= 15 is 0 Å². The highest BCUT2D eigenvalue weighted by atomic mass is 35.5. The van der Waals surface area contributed by atoms with Crippen molar-refractivity contribution < 1.29 is 19.3 Å². The molecule has 0 amide bonds. The maximum atomic E-state index is 9.88. The summed E-state index contributed by atoms with van der Waals surface area (Å²) in [5.41, 5.74) is 3.40. The smallest absolute Gasteiger partial charge is 0.296 e. The number of aryl methyl sites for hydroxylation is 2. The predicted molar refractivity (Wildman–Crippen MR) is 118 cm³/mol. The van der Waals surface area contributed by atoms with Gasteiger partial charge in [-0.15, -0.1) is 11.3 Å². The van der Waals surface area contributed by atoms with Gasteiger partial charge in [0.25, 0.3) is 6.01 Å². The van der Waals surface area contributed by atoms with Gasteiger partial charge in [-0.1, -0.05) is 29.8 Å². The van der Waals surface area contributed by atoms with E-state index in [1.54, 1.807) is 11.3 Å². The van der Waals surface area contributed by atoms with E-state index in [4.69, 9.17) is 25.8 Å². The van der Waals surface area contributed by atoms with E-state index in [0.29, 0.717) is 28.8 Å². The fourth-order valence-corrected chi connectivity index (χ4v) is 5.57. The summed E-state index contributed by atoms with van der Waals surface area (Å²) >= 11 is 8.27. The minimum Gasteiger partial charge on any atom is -0.456 e. The highest BCUT2D eigenvalue weighted by molar-refractivity contribution is 7.17. The molecule has 4 atom stereocenters. The standard InChI is InChI=1S/C22H20ClN3O4S/c23-13-7-15-21(24-14(13)6-5-11-10-31-18-4-2-1-3-12(11)18)26-22(25-15)30-17-9-29-19-16(27)8-28-20(17)19/h1-4,7,10,16-17,19-20,27H,5-6,8-9H2,(H,24,25,26)/t16-,17-,19-,20-/m1/s1. The van der Waals surface area contributed by atoms with Crippen molar-refractivity contribution in [3.63, 3.8) is 0 Å². The summed E-state index contributed by atoms with van der Waals surface area (Å²) in [4.78, 5) is 12.3. The number of imidazole rings is 1. The molecule has 2 fully saturated rings. The van der Waals surface area contributed by atoms with Gasteiger partial charge in [-0.25, -0.2) is 4.98 Å². The quantitative estimate of drug-likeness (QED) is 0.476. The van der Waals surface area contributed by atoms with E-state index < -0.39 is 6.10 Å². The first-order valence-electron chi connectivity index (χ1n) is 10.2. The Labute approximate surface area is 186 Å². The normalized spacial score (nSPS) is 25.5. The molecule has 0 radical (unpaired) electrons. The largest absolute Gasteiger partial charge is 0.456 e. The van der Waals surface area contributed by atoms with Crippen LogP contribution in [0.2, 0.25) is 5.02 Å². The molecule has 0 aliphatic carbocycles. The highest BCUT2D eigenvalue weighted by Gasteiger charge is 2.48. The van der Waals surface area contributed by atoms with Gasteiger partial charge >= 0.3 is 0 Å². The Hall–Kier alpha value is -2.23. The molecule has 2 aliphatic rings. The molecule has 4 aromatic rings. The van der Waals surface area contributed by atoms with Gasteiger partial charge in [-0.05, 0) is 41.3 Å². The van der Waals surface area contributed by atoms with Crippen molar-refractivity contribution in [3.8, 4) is 6.01 Å². The highest BCUT2D eigenvalue weighted by Crippen LogP contribution is 2.31. The average Bonchev–Trinajstić information content (AvgIpc) is 3.52. The van der Waals surface area contributed by atoms with Crippen LogP contribution in [0.5, 0.6) is 6.01 Å². The number of benzene rings is 1. The first-order valence-corrected chi connectivity index (χ1v) is 11.5. The number of ether oxygens (including phenoxy) is 3. The van der Waals surface area contributed by atoms with Crippen molar-refractivity contribution in [3.05, 3.63) is 52.0 Å². The van der Waals surface area contributed by atoms with E-state index in [2.05, 4.69) is 44.6 Å². The fourth-order valence-electron chi connectivity index (χ4n) is 4.33. The number of aliphatic hydroxyl groups excluding tert-OH is 1. The van der Waals surface area contributed by atoms with Gasteiger partial charge in [0, 0.05) is 4.70 Å². The molecular weight excluding hydrogens is 438 g/mol. The number of pyridine rings is 1. The number of hydrogen-bond acceptors (Lipinski definition) is 7. The zero-order valence-electron chi connectivity index (χ0n) is 16.5. The predicted octanol–water partition coefficient (Wildman–Crippen LogP) is 3.52. The molecule has 7 nitrogen and oxygen atoms in total. The molecule has 160 valence electrons. The Balaban J connectivity index is 1.20. The van der Waals surface area contributed by atoms with E-state index in [1.807, 2.05) is 6.07 Å². The lowest BCUT2D eigenvalue weighted by Gasteiger charge is -2.15. The number of aliphatic hydroxyl groups is 1. The Bertz CT molecular complexity index is 1260. The molecule has 0 unspecified atom stereocenters. The number of fused-ring (bicyclic) bond motifs is 3. The second-order valence-electron chi connectivity index (χ2n) is 7.91. The van der Waals surface area contributed by atoms with Crippen LogP contribution in [0, 0.1) is 0 Å². The Kier molecular flexibility index (Phi) is 4.85. The molecular formula is C22H20ClN3O4S. The van der Waals surface area contributed by atoms with Crippen molar-refractivity contribution in [1.82, 2.24) is 15.0 Å². The number of aromatic nitrogens is 3. The Morgan fingerprint density at radius 2 is 2.03 bits per heavy atom. The van der Waals surface area contributed by atoms with Crippen LogP contribution in [-0.4, -0.2) is 57.7 Å². The van der Waals surface area contributed by atoms with Crippen LogP contribution in [0.15, 0.2) is 35.7 Å². The number of thiophene rings is 1. The first kappa shape index (κ1) is 19.5. The molecule has 2 saturated heterocycles. The first-order chi connectivity index (χ1) is 15.2. The third kappa shape index (κ3) is 3.48. The number of nitrogens with zero attached hydrogens (tertiary/aromatic N) is 2. The minimum atomic E-state index is -0.613. The van der Waals surface area contributed by atoms with E-state index in [-0.39, 0.29) is 24.9 Å².